The number of halogens is 1. The van der Waals surface area contributed by atoms with Gasteiger partial charge in [0, 0.05) is 0 Å². The summed E-state index contributed by atoms with van der Waals surface area (Å²) in [6, 6.07) is 23.4. The Morgan fingerprint density at radius 2 is 1.56 bits per heavy atom. The van der Waals surface area contributed by atoms with Gasteiger partial charge in [0.1, 0.15) is 13.2 Å². The number of carbonyl (C=O) groups excluding carboxylic acids is 1. The molecule has 8 nitrogen and oxygen atoms in total. The van der Waals surface area contributed by atoms with Crippen molar-refractivity contribution >= 4 is 43.8 Å². The van der Waals surface area contributed by atoms with E-state index in [0.717, 1.165) is 26.6 Å². The third-order valence-electron chi connectivity index (χ3n) is 6.83. The molecule has 224 valence electrons. The van der Waals surface area contributed by atoms with Gasteiger partial charge in [-0.1, -0.05) is 53.6 Å². The molecule has 0 spiro atoms. The Balaban J connectivity index is 1.50. The van der Waals surface area contributed by atoms with Crippen molar-refractivity contribution in [3.63, 3.8) is 0 Å². The summed E-state index contributed by atoms with van der Waals surface area (Å²) in [5.41, 5.74) is 8.51. The topological polar surface area (TPSA) is 97.3 Å². The number of aryl methyl sites for hydroxylation is 4. The number of rotatable bonds is 11. The van der Waals surface area contributed by atoms with Crippen LogP contribution in [0.1, 0.15) is 33.4 Å². The maximum Gasteiger partial charge on any atom is 0.264 e. The zero-order valence-electron chi connectivity index (χ0n) is 24.7. The first-order valence-electron chi connectivity index (χ1n) is 13.5. The highest BCUT2D eigenvalue weighted by molar-refractivity contribution is 9.10. The molecule has 4 aromatic rings. The van der Waals surface area contributed by atoms with Gasteiger partial charge in [0.05, 0.1) is 28.4 Å². The van der Waals surface area contributed by atoms with E-state index in [1.807, 2.05) is 58.0 Å². The van der Waals surface area contributed by atoms with E-state index in [2.05, 4.69) is 26.5 Å². The summed E-state index contributed by atoms with van der Waals surface area (Å²) in [5, 5.41) is 4.07. The Morgan fingerprint density at radius 1 is 0.907 bits per heavy atom. The fourth-order valence-corrected chi connectivity index (χ4v) is 6.16. The van der Waals surface area contributed by atoms with Gasteiger partial charge in [-0.2, -0.15) is 5.10 Å². The van der Waals surface area contributed by atoms with Crippen LogP contribution in [0.5, 0.6) is 11.5 Å². The number of hydrogen-bond donors (Lipinski definition) is 1. The summed E-state index contributed by atoms with van der Waals surface area (Å²) in [6.45, 7) is 7.64. The van der Waals surface area contributed by atoms with Gasteiger partial charge in [-0.25, -0.2) is 13.8 Å². The first-order valence-corrected chi connectivity index (χ1v) is 15.8. The van der Waals surface area contributed by atoms with Crippen molar-refractivity contribution in [1.29, 1.82) is 0 Å². The molecule has 43 heavy (non-hydrogen) atoms. The SMILES string of the molecule is COc1cc(/C=N\NC(=O)CN(c2ccc(C)c(C)c2)S(=O)(=O)c2ccc(C)cc2)cc(Br)c1OCc1ccc(C)cc1. The molecule has 0 aliphatic rings. The summed E-state index contributed by atoms with van der Waals surface area (Å²) in [4.78, 5) is 13.1. The summed E-state index contributed by atoms with van der Waals surface area (Å²) in [7, 11) is -2.50. The number of nitrogens with zero attached hydrogens (tertiary/aromatic N) is 2. The highest BCUT2D eigenvalue weighted by Crippen LogP contribution is 2.37. The smallest absolute Gasteiger partial charge is 0.264 e. The summed E-state index contributed by atoms with van der Waals surface area (Å²) < 4.78 is 40.6. The van der Waals surface area contributed by atoms with Gasteiger partial charge >= 0.3 is 0 Å². The number of anilines is 1. The van der Waals surface area contributed by atoms with Crippen LogP contribution in [0.3, 0.4) is 0 Å². The van der Waals surface area contributed by atoms with Crippen LogP contribution >= 0.6 is 15.9 Å². The molecular formula is C33H34BrN3O5S. The molecule has 0 aliphatic heterocycles. The van der Waals surface area contributed by atoms with E-state index in [9.17, 15) is 13.2 Å². The molecule has 1 amide bonds. The molecule has 0 aromatic heterocycles. The van der Waals surface area contributed by atoms with Gasteiger partial charge in [-0.15, -0.1) is 0 Å². The molecule has 0 saturated carbocycles. The van der Waals surface area contributed by atoms with Crippen LogP contribution in [-0.2, 0) is 21.4 Å². The number of methoxy groups -OCH3 is 1. The van der Waals surface area contributed by atoms with Crippen LogP contribution in [0.4, 0.5) is 5.69 Å². The van der Waals surface area contributed by atoms with Gasteiger partial charge in [0.15, 0.2) is 11.5 Å². The van der Waals surface area contributed by atoms with Crippen molar-refractivity contribution in [1.82, 2.24) is 5.43 Å². The van der Waals surface area contributed by atoms with Gasteiger partial charge in [0.2, 0.25) is 0 Å². The second-order valence-electron chi connectivity index (χ2n) is 10.2. The summed E-state index contributed by atoms with van der Waals surface area (Å²) >= 11 is 3.54. The second kappa shape index (κ2) is 13.9. The molecule has 4 aromatic carbocycles. The van der Waals surface area contributed by atoms with Crippen molar-refractivity contribution in [3.8, 4) is 11.5 Å². The summed E-state index contributed by atoms with van der Waals surface area (Å²) in [6.07, 6.45) is 1.45. The minimum absolute atomic E-state index is 0.0919. The zero-order valence-corrected chi connectivity index (χ0v) is 27.1. The molecule has 1 N–H and O–H groups in total. The van der Waals surface area contributed by atoms with Gasteiger partial charge < -0.3 is 9.47 Å². The van der Waals surface area contributed by atoms with E-state index < -0.39 is 22.5 Å². The van der Waals surface area contributed by atoms with E-state index in [-0.39, 0.29) is 4.90 Å². The Morgan fingerprint density at radius 3 is 2.19 bits per heavy atom. The number of amides is 1. The van der Waals surface area contributed by atoms with E-state index in [4.69, 9.17) is 9.47 Å². The molecular weight excluding hydrogens is 630 g/mol. The van der Waals surface area contributed by atoms with Crippen LogP contribution in [-0.4, -0.2) is 34.2 Å². The van der Waals surface area contributed by atoms with Gasteiger partial charge in [-0.05, 0) is 102 Å². The zero-order chi connectivity index (χ0) is 31.1. The van der Waals surface area contributed by atoms with Crippen molar-refractivity contribution in [2.24, 2.45) is 5.10 Å². The molecule has 0 unspecified atom stereocenters. The first-order chi connectivity index (χ1) is 20.5. The van der Waals surface area contributed by atoms with Crippen LogP contribution in [0.25, 0.3) is 0 Å². The average molecular weight is 665 g/mol. The number of nitrogens with one attached hydrogen (secondary N) is 1. The molecule has 4 rings (SSSR count). The van der Waals surface area contributed by atoms with E-state index in [1.165, 1.54) is 23.9 Å². The lowest BCUT2D eigenvalue weighted by atomic mass is 10.1. The molecule has 0 saturated heterocycles. The Hall–Kier alpha value is -4.15. The average Bonchev–Trinajstić information content (AvgIpc) is 2.97. The number of hydrogen-bond acceptors (Lipinski definition) is 6. The van der Waals surface area contributed by atoms with Gasteiger partial charge in [0.25, 0.3) is 15.9 Å². The fourth-order valence-electron chi connectivity index (χ4n) is 4.17. The number of carbonyl (C=O) groups is 1. The number of ether oxygens (including phenoxy) is 2. The van der Waals surface area contributed by atoms with Crippen molar-refractivity contribution in [2.75, 3.05) is 18.0 Å². The first kappa shape index (κ1) is 31.8. The molecule has 0 fully saturated rings. The highest BCUT2D eigenvalue weighted by atomic mass is 79.9. The third-order valence-corrected chi connectivity index (χ3v) is 9.21. The second-order valence-corrected chi connectivity index (χ2v) is 12.9. The molecule has 0 atom stereocenters. The van der Waals surface area contributed by atoms with Crippen molar-refractivity contribution in [2.45, 2.75) is 39.2 Å². The van der Waals surface area contributed by atoms with Crippen LogP contribution in [0.15, 0.2) is 93.3 Å². The van der Waals surface area contributed by atoms with Crippen LogP contribution in [0.2, 0.25) is 0 Å². The maximum atomic E-state index is 13.6. The normalized spacial score (nSPS) is 11.4. The fraction of sp³-hybridized carbons (Fsp3) is 0.212. The van der Waals surface area contributed by atoms with Crippen LogP contribution < -0.4 is 19.2 Å². The molecule has 10 heteroatoms. The minimum Gasteiger partial charge on any atom is -0.493 e. The van der Waals surface area contributed by atoms with E-state index >= 15 is 0 Å². The quantitative estimate of drug-likeness (QED) is 0.144. The lowest BCUT2D eigenvalue weighted by molar-refractivity contribution is -0.119. The largest absolute Gasteiger partial charge is 0.493 e. The molecule has 0 radical (unpaired) electrons. The Kier molecular flexibility index (Phi) is 10.3. The predicted molar refractivity (Wildman–Crippen MR) is 174 cm³/mol. The highest BCUT2D eigenvalue weighted by Gasteiger charge is 2.27. The van der Waals surface area contributed by atoms with Gasteiger partial charge in [-0.3, -0.25) is 9.10 Å². The molecule has 0 aliphatic carbocycles. The molecule has 0 heterocycles. The number of hydrazone groups is 1. The third kappa shape index (κ3) is 8.03. The lowest BCUT2D eigenvalue weighted by Crippen LogP contribution is -2.39. The van der Waals surface area contributed by atoms with E-state index in [0.29, 0.717) is 33.8 Å². The molecule has 0 bridgehead atoms. The minimum atomic E-state index is -4.04. The standard InChI is InChI=1S/C33H34BrN3O5S/c1-22-6-11-26(12-7-22)21-42-33-30(34)17-27(18-31(33)41-5)19-35-36-32(38)20-37(28-13-10-24(3)25(4)16-28)43(39,40)29-14-8-23(2)9-15-29/h6-19H,20-21H2,1-5H3,(H,36,38)/b35-19-. The van der Waals surface area contributed by atoms with Crippen molar-refractivity contribution in [3.05, 3.63) is 117 Å². The van der Waals surface area contributed by atoms with Crippen LogP contribution in [0, 0.1) is 27.7 Å². The Labute approximate surface area is 261 Å². The number of sulfonamides is 1. The predicted octanol–water partition coefficient (Wildman–Crippen LogP) is 6.62. The summed E-state index contributed by atoms with van der Waals surface area (Å²) in [5.74, 6) is 0.420. The van der Waals surface area contributed by atoms with E-state index in [1.54, 1.807) is 43.5 Å². The lowest BCUT2D eigenvalue weighted by Gasteiger charge is -2.24. The Bertz CT molecular complexity index is 1740. The van der Waals surface area contributed by atoms with Crippen molar-refractivity contribution < 1.29 is 22.7 Å². The number of benzene rings is 4. The maximum absolute atomic E-state index is 13.6. The monoisotopic (exact) mass is 663 g/mol.